The van der Waals surface area contributed by atoms with E-state index in [1.807, 2.05) is 4.90 Å². The van der Waals surface area contributed by atoms with Crippen molar-refractivity contribution in [2.24, 2.45) is 0 Å². The predicted octanol–water partition coefficient (Wildman–Crippen LogP) is 9.71. The highest BCUT2D eigenvalue weighted by Gasteiger charge is 2.14. The van der Waals surface area contributed by atoms with Crippen LogP contribution < -0.4 is 0 Å². The second-order valence-electron chi connectivity index (χ2n) is 12.3. The Bertz CT molecular complexity index is 553. The number of ether oxygens (including phenoxy) is 1. The molecule has 0 aliphatic heterocycles. The van der Waals surface area contributed by atoms with E-state index in [0.717, 1.165) is 45.6 Å². The largest absolute Gasteiger partial charge is 0.448 e. The summed E-state index contributed by atoms with van der Waals surface area (Å²) >= 11 is 0. The lowest BCUT2D eigenvalue weighted by Gasteiger charge is -2.24. The molecule has 40 heavy (non-hydrogen) atoms. The van der Waals surface area contributed by atoms with Crippen LogP contribution in [-0.2, 0) is 4.74 Å². The summed E-state index contributed by atoms with van der Waals surface area (Å²) in [6.07, 6.45) is 31.9. The number of unbranched alkanes of at least 4 members (excludes halogenated alkanes) is 18. The van der Waals surface area contributed by atoms with Gasteiger partial charge in [-0.15, -0.1) is 0 Å². The van der Waals surface area contributed by atoms with Crippen LogP contribution in [-0.4, -0.2) is 81.3 Å². The lowest BCUT2D eigenvalue weighted by Crippen LogP contribution is -2.36. The molecule has 0 aromatic rings. The van der Waals surface area contributed by atoms with Crippen LogP contribution in [0.25, 0.3) is 0 Å². The Kier molecular flexibility index (Phi) is 30.1. The number of carbonyl (C=O) groups is 1. The zero-order chi connectivity index (χ0) is 29.5. The zero-order valence-electron chi connectivity index (χ0n) is 27.9. The first kappa shape index (κ1) is 38.9. The summed E-state index contributed by atoms with van der Waals surface area (Å²) in [5, 5.41) is 0. The lowest BCUT2D eigenvalue weighted by molar-refractivity contribution is 0.0914. The van der Waals surface area contributed by atoms with Gasteiger partial charge in [0.1, 0.15) is 6.61 Å². The van der Waals surface area contributed by atoms with Crippen LogP contribution >= 0.6 is 0 Å². The summed E-state index contributed by atoms with van der Waals surface area (Å²) in [4.78, 5) is 19.3. The summed E-state index contributed by atoms with van der Waals surface area (Å²) < 4.78 is 5.70. The maximum atomic E-state index is 12.9. The molecule has 0 spiro atoms. The predicted molar refractivity (Wildman–Crippen MR) is 176 cm³/mol. The smallest absolute Gasteiger partial charge is 0.409 e. The van der Waals surface area contributed by atoms with Gasteiger partial charge in [-0.1, -0.05) is 122 Å². The summed E-state index contributed by atoms with van der Waals surface area (Å²) in [5.41, 5.74) is 0. The third-order valence-electron chi connectivity index (χ3n) is 7.86. The second kappa shape index (κ2) is 30.9. The molecule has 0 unspecified atom stereocenters. The topological polar surface area (TPSA) is 36.0 Å². The highest BCUT2D eigenvalue weighted by atomic mass is 16.6. The standard InChI is InChI=1S/C35H71N3O2/c1-6-8-10-12-14-15-16-17-18-19-20-21-22-24-26-28-30-38(29-27-25-23-13-11-9-7-2)35(39)40-34-33-37(5)32-31-36(3)4/h17-18H,6-16,19-34H2,1-5H3/b18-17-. The van der Waals surface area contributed by atoms with Crippen LogP contribution in [0.3, 0.4) is 0 Å². The van der Waals surface area contributed by atoms with Crippen LogP contribution in [0.5, 0.6) is 0 Å². The zero-order valence-corrected chi connectivity index (χ0v) is 27.9. The van der Waals surface area contributed by atoms with Gasteiger partial charge in [0, 0.05) is 32.7 Å². The van der Waals surface area contributed by atoms with Gasteiger partial charge in [-0.05, 0) is 59.7 Å². The average molecular weight is 566 g/mol. The van der Waals surface area contributed by atoms with Gasteiger partial charge in [-0.25, -0.2) is 4.79 Å². The second-order valence-corrected chi connectivity index (χ2v) is 12.3. The number of likely N-dealkylation sites (N-methyl/N-ethyl adjacent to an activating group) is 2. The number of carbonyl (C=O) groups excluding carboxylic acids is 1. The SMILES string of the molecule is CCCCCCCC/C=C\CCCCCCCCN(CCCCCCCCC)C(=O)OCCN(C)CCN(C)C. The quantitative estimate of drug-likeness (QED) is 0.0641. The fourth-order valence-corrected chi connectivity index (χ4v) is 4.97. The Morgan fingerprint density at radius 1 is 0.525 bits per heavy atom. The number of hydrogen-bond donors (Lipinski definition) is 0. The number of amides is 1. The molecule has 0 aliphatic rings. The maximum absolute atomic E-state index is 12.9. The summed E-state index contributed by atoms with van der Waals surface area (Å²) in [6.45, 7) is 9.50. The molecule has 0 heterocycles. The molecule has 5 nitrogen and oxygen atoms in total. The molecule has 0 bridgehead atoms. The molecule has 1 amide bonds. The van der Waals surface area contributed by atoms with Crippen molar-refractivity contribution >= 4 is 6.09 Å². The van der Waals surface area contributed by atoms with Crippen LogP contribution in [0.2, 0.25) is 0 Å². The van der Waals surface area contributed by atoms with Crippen molar-refractivity contribution in [3.05, 3.63) is 12.2 Å². The molecule has 0 N–H and O–H groups in total. The summed E-state index contributed by atoms with van der Waals surface area (Å²) in [5.74, 6) is 0. The van der Waals surface area contributed by atoms with Crippen LogP contribution in [0.15, 0.2) is 12.2 Å². The number of allylic oxidation sites excluding steroid dienone is 2. The van der Waals surface area contributed by atoms with Gasteiger partial charge >= 0.3 is 6.09 Å². The third-order valence-corrected chi connectivity index (χ3v) is 7.86. The molecule has 0 radical (unpaired) electrons. The molecule has 0 saturated heterocycles. The minimum absolute atomic E-state index is 0.111. The molecule has 0 aliphatic carbocycles. The van der Waals surface area contributed by atoms with Gasteiger partial charge < -0.3 is 19.4 Å². The Balaban J connectivity index is 4.06. The molecule has 0 rings (SSSR count). The fourth-order valence-electron chi connectivity index (χ4n) is 4.97. The first-order chi connectivity index (χ1) is 19.5. The van der Waals surface area contributed by atoms with E-state index in [4.69, 9.17) is 4.74 Å². The van der Waals surface area contributed by atoms with Crippen LogP contribution in [0, 0.1) is 0 Å². The van der Waals surface area contributed by atoms with E-state index in [1.54, 1.807) is 0 Å². The number of rotatable bonds is 30. The van der Waals surface area contributed by atoms with Gasteiger partial charge in [-0.2, -0.15) is 0 Å². The molecular formula is C35H71N3O2. The van der Waals surface area contributed by atoms with Gasteiger partial charge in [0.25, 0.3) is 0 Å². The normalized spacial score (nSPS) is 11.8. The van der Waals surface area contributed by atoms with E-state index in [2.05, 4.69) is 56.9 Å². The van der Waals surface area contributed by atoms with Gasteiger partial charge in [0.2, 0.25) is 0 Å². The maximum Gasteiger partial charge on any atom is 0.409 e. The van der Waals surface area contributed by atoms with Crippen molar-refractivity contribution in [3.8, 4) is 0 Å². The van der Waals surface area contributed by atoms with E-state index in [9.17, 15) is 4.79 Å². The Hall–Kier alpha value is -1.07. The molecule has 238 valence electrons. The van der Waals surface area contributed by atoms with E-state index in [-0.39, 0.29) is 6.09 Å². The van der Waals surface area contributed by atoms with E-state index < -0.39 is 0 Å². The summed E-state index contributed by atoms with van der Waals surface area (Å²) in [7, 11) is 6.28. The summed E-state index contributed by atoms with van der Waals surface area (Å²) in [6, 6.07) is 0. The third kappa shape index (κ3) is 28.5. The molecule has 0 saturated carbocycles. The van der Waals surface area contributed by atoms with E-state index >= 15 is 0 Å². The lowest BCUT2D eigenvalue weighted by atomic mass is 10.1. The molecule has 0 fully saturated rings. The van der Waals surface area contributed by atoms with Crippen LogP contribution in [0.4, 0.5) is 4.79 Å². The van der Waals surface area contributed by atoms with Gasteiger partial charge in [-0.3, -0.25) is 0 Å². The van der Waals surface area contributed by atoms with Crippen molar-refractivity contribution < 1.29 is 9.53 Å². The number of nitrogens with zero attached hydrogens (tertiary/aromatic N) is 3. The average Bonchev–Trinajstić information content (AvgIpc) is 2.94. The van der Waals surface area contributed by atoms with Crippen molar-refractivity contribution in [2.45, 2.75) is 149 Å². The first-order valence-electron chi connectivity index (χ1n) is 17.4. The minimum Gasteiger partial charge on any atom is -0.448 e. The Labute approximate surface area is 251 Å². The van der Waals surface area contributed by atoms with Crippen LogP contribution in [0.1, 0.15) is 149 Å². The highest BCUT2D eigenvalue weighted by Crippen LogP contribution is 2.12. The van der Waals surface area contributed by atoms with Crippen molar-refractivity contribution in [1.82, 2.24) is 14.7 Å². The minimum atomic E-state index is -0.111. The molecule has 5 heteroatoms. The molecule has 0 atom stereocenters. The highest BCUT2D eigenvalue weighted by molar-refractivity contribution is 5.67. The Morgan fingerprint density at radius 3 is 1.40 bits per heavy atom. The molecule has 0 aromatic carbocycles. The Morgan fingerprint density at radius 2 is 0.950 bits per heavy atom. The van der Waals surface area contributed by atoms with Gasteiger partial charge in [0.05, 0.1) is 0 Å². The number of hydrogen-bond acceptors (Lipinski definition) is 4. The van der Waals surface area contributed by atoms with E-state index in [0.29, 0.717) is 6.61 Å². The molecule has 0 aromatic heterocycles. The molecular weight excluding hydrogens is 494 g/mol. The van der Waals surface area contributed by atoms with Crippen molar-refractivity contribution in [2.75, 3.05) is 60.5 Å². The first-order valence-corrected chi connectivity index (χ1v) is 17.4. The van der Waals surface area contributed by atoms with E-state index in [1.165, 1.54) is 122 Å². The van der Waals surface area contributed by atoms with Crippen molar-refractivity contribution in [3.63, 3.8) is 0 Å². The fraction of sp³-hybridized carbons (Fsp3) is 0.914. The monoisotopic (exact) mass is 566 g/mol. The van der Waals surface area contributed by atoms with Gasteiger partial charge in [0.15, 0.2) is 0 Å². The van der Waals surface area contributed by atoms with Crippen molar-refractivity contribution in [1.29, 1.82) is 0 Å².